The van der Waals surface area contributed by atoms with E-state index in [0.29, 0.717) is 18.4 Å². The van der Waals surface area contributed by atoms with Gasteiger partial charge >= 0.3 is 6.18 Å². The van der Waals surface area contributed by atoms with Gasteiger partial charge in [-0.15, -0.1) is 11.8 Å². The second kappa shape index (κ2) is 9.53. The number of rotatable bonds is 5. The molecule has 1 fully saturated rings. The van der Waals surface area contributed by atoms with Crippen molar-refractivity contribution in [3.63, 3.8) is 0 Å². The topological polar surface area (TPSA) is 51.8 Å². The molecule has 0 unspecified atom stereocenters. The van der Waals surface area contributed by atoms with E-state index in [1.54, 1.807) is 17.8 Å². The minimum Gasteiger partial charge on any atom is -0.368 e. The van der Waals surface area contributed by atoms with Gasteiger partial charge in [0.05, 0.1) is 11.4 Å². The summed E-state index contributed by atoms with van der Waals surface area (Å²) >= 11 is 1.65. The molecule has 3 nitrogen and oxygen atoms in total. The number of aromatic nitrogens is 2. The van der Waals surface area contributed by atoms with Crippen molar-refractivity contribution < 1.29 is 13.2 Å². The van der Waals surface area contributed by atoms with Crippen molar-refractivity contribution >= 4 is 17.7 Å². The highest BCUT2D eigenvalue weighted by molar-refractivity contribution is 7.98. The van der Waals surface area contributed by atoms with Gasteiger partial charge in [-0.25, -0.2) is 9.97 Å². The van der Waals surface area contributed by atoms with Crippen LogP contribution in [0.3, 0.4) is 0 Å². The fraction of sp³-hybridized carbons (Fsp3) is 0.360. The van der Waals surface area contributed by atoms with Gasteiger partial charge in [0.1, 0.15) is 5.56 Å². The summed E-state index contributed by atoms with van der Waals surface area (Å²) in [6.45, 7) is 1.82. The van der Waals surface area contributed by atoms with Gasteiger partial charge in [-0.2, -0.15) is 13.2 Å². The van der Waals surface area contributed by atoms with Crippen LogP contribution >= 0.6 is 11.8 Å². The molecule has 168 valence electrons. The van der Waals surface area contributed by atoms with E-state index in [2.05, 4.69) is 22.1 Å². The van der Waals surface area contributed by atoms with Gasteiger partial charge in [-0.05, 0) is 43.0 Å². The van der Waals surface area contributed by atoms with E-state index in [0.717, 1.165) is 35.5 Å². The van der Waals surface area contributed by atoms with Gasteiger partial charge in [-0.1, -0.05) is 55.7 Å². The number of alkyl halides is 3. The third-order valence-electron chi connectivity index (χ3n) is 5.93. The van der Waals surface area contributed by atoms with Crippen LogP contribution in [0.25, 0.3) is 11.3 Å². The molecule has 0 radical (unpaired) electrons. The van der Waals surface area contributed by atoms with E-state index in [4.69, 9.17) is 5.73 Å². The maximum absolute atomic E-state index is 14.3. The summed E-state index contributed by atoms with van der Waals surface area (Å²) in [5.74, 6) is 0.459. The second-order valence-electron chi connectivity index (χ2n) is 8.27. The lowest BCUT2D eigenvalue weighted by Gasteiger charge is -2.26. The van der Waals surface area contributed by atoms with Crippen molar-refractivity contribution in [1.29, 1.82) is 0 Å². The fourth-order valence-electron chi connectivity index (χ4n) is 4.37. The molecule has 1 saturated carbocycles. The Labute approximate surface area is 190 Å². The van der Waals surface area contributed by atoms with Crippen LogP contribution in [0.5, 0.6) is 0 Å². The lowest BCUT2D eigenvalue weighted by Crippen LogP contribution is -2.20. The molecule has 0 aliphatic heterocycles. The standard InChI is InChI=1S/C25H26F3N3S/c1-16-14-19(32-15-17-8-4-2-5-9-17)12-13-20(16)23-21(25(26,27)28)22(30-24(29)31-23)18-10-6-3-7-11-18/h2,4-5,8-9,12-14,18H,3,6-7,10-11,15H2,1H3,(H2,29,30,31). The van der Waals surface area contributed by atoms with E-state index in [-0.39, 0.29) is 23.3 Å². The summed E-state index contributed by atoms with van der Waals surface area (Å²) in [7, 11) is 0. The zero-order valence-electron chi connectivity index (χ0n) is 18.0. The van der Waals surface area contributed by atoms with E-state index in [1.807, 2.05) is 37.3 Å². The van der Waals surface area contributed by atoms with Gasteiger partial charge in [0, 0.05) is 22.1 Å². The largest absolute Gasteiger partial charge is 0.420 e. The van der Waals surface area contributed by atoms with Crippen molar-refractivity contribution in [3.8, 4) is 11.3 Å². The molecular formula is C25H26F3N3S. The maximum atomic E-state index is 14.3. The molecule has 0 saturated heterocycles. The van der Waals surface area contributed by atoms with Crippen molar-refractivity contribution in [2.75, 3.05) is 5.73 Å². The highest BCUT2D eigenvalue weighted by atomic mass is 32.2. The molecule has 0 spiro atoms. The molecule has 32 heavy (non-hydrogen) atoms. The summed E-state index contributed by atoms with van der Waals surface area (Å²) in [5.41, 5.74) is 7.51. The Bertz CT molecular complexity index is 1080. The molecule has 1 aliphatic rings. The number of benzene rings is 2. The number of anilines is 1. The van der Waals surface area contributed by atoms with Gasteiger partial charge in [0.2, 0.25) is 5.95 Å². The number of nitrogens with two attached hydrogens (primary N) is 1. The smallest absolute Gasteiger partial charge is 0.368 e. The number of aryl methyl sites for hydroxylation is 1. The average molecular weight is 458 g/mol. The molecule has 1 heterocycles. The van der Waals surface area contributed by atoms with Crippen LogP contribution in [0.15, 0.2) is 53.4 Å². The molecule has 7 heteroatoms. The van der Waals surface area contributed by atoms with Crippen LogP contribution in [-0.2, 0) is 11.9 Å². The predicted octanol–water partition coefficient (Wildman–Crippen LogP) is 7.39. The van der Waals surface area contributed by atoms with Crippen LogP contribution in [-0.4, -0.2) is 9.97 Å². The minimum atomic E-state index is -4.55. The Morgan fingerprint density at radius 3 is 2.38 bits per heavy atom. The van der Waals surface area contributed by atoms with Crippen molar-refractivity contribution in [1.82, 2.24) is 9.97 Å². The highest BCUT2D eigenvalue weighted by Gasteiger charge is 2.41. The first-order chi connectivity index (χ1) is 15.3. The summed E-state index contributed by atoms with van der Waals surface area (Å²) in [6, 6.07) is 15.6. The van der Waals surface area contributed by atoms with Gasteiger partial charge < -0.3 is 5.73 Å². The fourth-order valence-corrected chi connectivity index (χ4v) is 5.32. The van der Waals surface area contributed by atoms with Crippen molar-refractivity contribution in [3.05, 3.63) is 70.9 Å². The quantitative estimate of drug-likeness (QED) is 0.406. The van der Waals surface area contributed by atoms with Crippen molar-refractivity contribution in [2.45, 2.75) is 61.8 Å². The average Bonchev–Trinajstić information content (AvgIpc) is 2.77. The molecule has 0 atom stereocenters. The summed E-state index contributed by atoms with van der Waals surface area (Å²) < 4.78 is 42.8. The van der Waals surface area contributed by atoms with Crippen molar-refractivity contribution in [2.24, 2.45) is 0 Å². The molecule has 1 aromatic heterocycles. The molecule has 4 rings (SSSR count). The lowest BCUT2D eigenvalue weighted by molar-refractivity contribution is -0.138. The van der Waals surface area contributed by atoms with Gasteiger partial charge in [0.15, 0.2) is 0 Å². The van der Waals surface area contributed by atoms with Crippen LogP contribution in [0.1, 0.15) is 60.4 Å². The second-order valence-corrected chi connectivity index (χ2v) is 9.32. The lowest BCUT2D eigenvalue weighted by atomic mass is 9.84. The number of hydrogen-bond acceptors (Lipinski definition) is 4. The van der Waals surface area contributed by atoms with E-state index in [1.165, 1.54) is 5.56 Å². The summed E-state index contributed by atoms with van der Waals surface area (Å²) in [5, 5.41) is 0. The highest BCUT2D eigenvalue weighted by Crippen LogP contribution is 2.44. The molecule has 1 aliphatic carbocycles. The van der Waals surface area contributed by atoms with Crippen LogP contribution in [0, 0.1) is 6.92 Å². The Kier molecular flexibility index (Phi) is 6.74. The van der Waals surface area contributed by atoms with E-state index < -0.39 is 11.7 Å². The number of nitrogens with zero attached hydrogens (tertiary/aromatic N) is 2. The first-order valence-electron chi connectivity index (χ1n) is 10.9. The maximum Gasteiger partial charge on any atom is 0.420 e. The third kappa shape index (κ3) is 5.09. The number of thioether (sulfide) groups is 1. The number of hydrogen-bond donors (Lipinski definition) is 1. The predicted molar refractivity (Wildman–Crippen MR) is 123 cm³/mol. The van der Waals surface area contributed by atoms with Crippen LogP contribution < -0.4 is 5.73 Å². The summed E-state index contributed by atoms with van der Waals surface area (Å²) in [4.78, 5) is 9.19. The van der Waals surface area contributed by atoms with E-state index in [9.17, 15) is 13.2 Å². The molecule has 0 amide bonds. The Morgan fingerprint density at radius 1 is 1.00 bits per heavy atom. The monoisotopic (exact) mass is 457 g/mol. The van der Waals surface area contributed by atoms with Crippen LogP contribution in [0.2, 0.25) is 0 Å². The molecule has 2 aromatic carbocycles. The summed E-state index contributed by atoms with van der Waals surface area (Å²) in [6.07, 6.45) is -0.281. The molecule has 0 bridgehead atoms. The van der Waals surface area contributed by atoms with Gasteiger partial charge in [-0.3, -0.25) is 0 Å². The normalized spacial score (nSPS) is 15.1. The van der Waals surface area contributed by atoms with E-state index >= 15 is 0 Å². The minimum absolute atomic E-state index is 0.0571. The number of halogens is 3. The molecule has 3 aromatic rings. The zero-order valence-corrected chi connectivity index (χ0v) is 18.8. The number of nitrogen functional groups attached to an aromatic ring is 1. The molecular weight excluding hydrogens is 431 g/mol. The van der Waals surface area contributed by atoms with Crippen LogP contribution in [0.4, 0.5) is 19.1 Å². The first kappa shape index (κ1) is 22.6. The Balaban J connectivity index is 1.71. The first-order valence-corrected chi connectivity index (χ1v) is 11.8. The van der Waals surface area contributed by atoms with Gasteiger partial charge in [0.25, 0.3) is 0 Å². The zero-order chi connectivity index (χ0) is 22.7. The third-order valence-corrected chi connectivity index (χ3v) is 7.00. The SMILES string of the molecule is Cc1cc(SCc2ccccc2)ccc1-c1nc(N)nc(C2CCCCC2)c1C(F)(F)F. The molecule has 2 N–H and O–H groups in total. The Morgan fingerprint density at radius 2 is 1.72 bits per heavy atom. The Hall–Kier alpha value is -2.54.